The summed E-state index contributed by atoms with van der Waals surface area (Å²) in [6.07, 6.45) is 3.97. The Morgan fingerprint density at radius 3 is 2.67 bits per heavy atom. The van der Waals surface area contributed by atoms with Gasteiger partial charge in [0.1, 0.15) is 23.5 Å². The molecule has 0 bridgehead atoms. The molecule has 11 heteroatoms. The Bertz CT molecular complexity index is 1600. The van der Waals surface area contributed by atoms with Crippen LogP contribution in [0.2, 0.25) is 0 Å². The molecule has 36 heavy (non-hydrogen) atoms. The average molecular weight is 481 g/mol. The maximum atomic E-state index is 11.4. The number of benzene rings is 3. The molecule has 0 spiro atoms. The molecule has 0 saturated heterocycles. The second kappa shape index (κ2) is 8.95. The maximum Gasteiger partial charge on any atom is 0.294 e. The molecular weight excluding hydrogens is 462 g/mol. The fourth-order valence-corrected chi connectivity index (χ4v) is 4.03. The highest BCUT2D eigenvalue weighted by Gasteiger charge is 2.17. The number of hydrogen-bond acceptors (Lipinski definition) is 9. The molecule has 0 radical (unpaired) electrons. The molecule has 0 unspecified atom stereocenters. The summed E-state index contributed by atoms with van der Waals surface area (Å²) in [5.74, 6) is 1.96. The first-order valence-corrected chi connectivity index (χ1v) is 11.2. The number of nitrogens with one attached hydrogen (secondary N) is 1. The summed E-state index contributed by atoms with van der Waals surface area (Å²) < 4.78 is 13.0. The van der Waals surface area contributed by atoms with E-state index in [1.54, 1.807) is 24.4 Å². The molecule has 1 N–H and O–H groups in total. The number of fused-ring (bicyclic) bond motifs is 2. The highest BCUT2D eigenvalue weighted by atomic mass is 16.6. The maximum absolute atomic E-state index is 11.4. The minimum absolute atomic E-state index is 0.0488. The lowest BCUT2D eigenvalue weighted by atomic mass is 10.1. The molecule has 5 aromatic rings. The molecule has 0 amide bonds. The second-order valence-electron chi connectivity index (χ2n) is 8.09. The van der Waals surface area contributed by atoms with E-state index in [2.05, 4.69) is 25.6 Å². The molecular formula is C25H19N7O4. The smallest absolute Gasteiger partial charge is 0.294 e. The first kappa shape index (κ1) is 21.5. The minimum Gasteiger partial charge on any atom is -0.490 e. The van der Waals surface area contributed by atoms with Gasteiger partial charge in [-0.1, -0.05) is 29.5 Å². The zero-order valence-electron chi connectivity index (χ0n) is 18.9. The molecule has 0 aliphatic carbocycles. The number of nitro groups is 1. The molecule has 3 aromatic carbocycles. The number of para-hydroxylation sites is 2. The predicted octanol–water partition coefficient (Wildman–Crippen LogP) is 4.69. The van der Waals surface area contributed by atoms with Gasteiger partial charge in [-0.2, -0.15) is 0 Å². The van der Waals surface area contributed by atoms with Gasteiger partial charge in [-0.05, 0) is 24.3 Å². The van der Waals surface area contributed by atoms with Crippen LogP contribution in [0.3, 0.4) is 0 Å². The Hall–Kier alpha value is -5.06. The highest BCUT2D eigenvalue weighted by molar-refractivity contribution is 5.93. The Morgan fingerprint density at radius 1 is 0.972 bits per heavy atom. The van der Waals surface area contributed by atoms with Crippen LogP contribution < -0.4 is 14.8 Å². The van der Waals surface area contributed by atoms with Crippen molar-refractivity contribution < 1.29 is 14.4 Å². The van der Waals surface area contributed by atoms with Crippen molar-refractivity contribution in [3.8, 4) is 28.4 Å². The first-order valence-electron chi connectivity index (χ1n) is 11.2. The van der Waals surface area contributed by atoms with Crippen LogP contribution in [0.5, 0.6) is 11.5 Å². The van der Waals surface area contributed by atoms with E-state index in [0.717, 1.165) is 28.6 Å². The van der Waals surface area contributed by atoms with E-state index in [1.807, 2.05) is 36.4 Å². The van der Waals surface area contributed by atoms with Crippen molar-refractivity contribution in [2.45, 2.75) is 6.42 Å². The van der Waals surface area contributed by atoms with Crippen molar-refractivity contribution in [2.75, 3.05) is 18.5 Å². The lowest BCUT2D eigenvalue weighted by Gasteiger charge is -2.12. The van der Waals surface area contributed by atoms with Gasteiger partial charge in [0.05, 0.1) is 29.9 Å². The summed E-state index contributed by atoms with van der Waals surface area (Å²) in [6.45, 7) is 1.19. The van der Waals surface area contributed by atoms with E-state index < -0.39 is 4.92 Å². The van der Waals surface area contributed by atoms with Crippen molar-refractivity contribution in [1.82, 2.24) is 25.0 Å². The van der Waals surface area contributed by atoms with E-state index in [-0.39, 0.29) is 5.69 Å². The van der Waals surface area contributed by atoms with Crippen molar-refractivity contribution in [3.63, 3.8) is 0 Å². The summed E-state index contributed by atoms with van der Waals surface area (Å²) in [7, 11) is 0. The fourth-order valence-electron chi connectivity index (χ4n) is 4.03. The van der Waals surface area contributed by atoms with Gasteiger partial charge in [0.2, 0.25) is 0 Å². The zero-order valence-corrected chi connectivity index (χ0v) is 18.9. The topological polar surface area (TPSA) is 130 Å². The standard InChI is InChI=1S/C25H19N7O4/c33-32(34)22-8-2-1-7-21(22)31-14-20(29-30-31)16-5-3-6-17(11-16)28-25-18-12-23-24(36-10-4-9-35-23)13-19(18)26-15-27-25/h1-3,5-8,11-15H,4,9-10H2,(H,26,27,28). The van der Waals surface area contributed by atoms with E-state index in [9.17, 15) is 10.1 Å². The summed E-state index contributed by atoms with van der Waals surface area (Å²) in [5.41, 5.74) is 3.16. The van der Waals surface area contributed by atoms with Crippen LogP contribution in [-0.4, -0.2) is 43.1 Å². The van der Waals surface area contributed by atoms with Crippen LogP contribution in [-0.2, 0) is 0 Å². The van der Waals surface area contributed by atoms with Gasteiger partial charge in [-0.3, -0.25) is 10.1 Å². The second-order valence-corrected chi connectivity index (χ2v) is 8.09. The number of nitrogens with zero attached hydrogens (tertiary/aromatic N) is 6. The Labute approximate surface area is 204 Å². The third-order valence-electron chi connectivity index (χ3n) is 5.74. The number of ether oxygens (including phenoxy) is 2. The van der Waals surface area contributed by atoms with Gasteiger partial charge in [-0.25, -0.2) is 14.6 Å². The van der Waals surface area contributed by atoms with Crippen LogP contribution in [0, 0.1) is 10.1 Å². The van der Waals surface area contributed by atoms with Crippen molar-refractivity contribution >= 4 is 28.1 Å². The molecule has 0 atom stereocenters. The van der Waals surface area contributed by atoms with Crippen LogP contribution in [0.15, 0.2) is 73.2 Å². The average Bonchev–Trinajstić information content (AvgIpc) is 3.28. The Kier molecular flexibility index (Phi) is 5.34. The molecule has 3 heterocycles. The monoisotopic (exact) mass is 481 g/mol. The normalized spacial score (nSPS) is 12.8. The molecule has 1 aliphatic rings. The Balaban J connectivity index is 1.32. The summed E-state index contributed by atoms with van der Waals surface area (Å²) in [6, 6.07) is 17.7. The van der Waals surface area contributed by atoms with E-state index in [1.165, 1.54) is 17.1 Å². The van der Waals surface area contributed by atoms with Crippen molar-refractivity contribution in [1.29, 1.82) is 0 Å². The van der Waals surface area contributed by atoms with Crippen LogP contribution >= 0.6 is 0 Å². The minimum atomic E-state index is -0.441. The van der Waals surface area contributed by atoms with E-state index in [0.29, 0.717) is 41.9 Å². The van der Waals surface area contributed by atoms with Gasteiger partial charge >= 0.3 is 0 Å². The third kappa shape index (κ3) is 4.02. The quantitative estimate of drug-likeness (QED) is 0.280. The number of rotatable bonds is 5. The molecule has 178 valence electrons. The third-order valence-corrected chi connectivity index (χ3v) is 5.74. The van der Waals surface area contributed by atoms with Crippen molar-refractivity contribution in [3.05, 3.63) is 83.3 Å². The summed E-state index contributed by atoms with van der Waals surface area (Å²) in [5, 5.41) is 23.9. The zero-order chi connectivity index (χ0) is 24.5. The first-order chi connectivity index (χ1) is 17.7. The number of anilines is 2. The highest BCUT2D eigenvalue weighted by Crippen LogP contribution is 2.36. The molecule has 1 aliphatic heterocycles. The van der Waals surface area contributed by atoms with Gasteiger partial charge in [-0.15, -0.1) is 5.10 Å². The van der Waals surface area contributed by atoms with Crippen molar-refractivity contribution in [2.24, 2.45) is 0 Å². The largest absolute Gasteiger partial charge is 0.490 e. The lowest BCUT2D eigenvalue weighted by Crippen LogP contribution is -2.00. The van der Waals surface area contributed by atoms with Crippen LogP contribution in [0.25, 0.3) is 27.8 Å². The van der Waals surface area contributed by atoms with Gasteiger partial charge in [0.25, 0.3) is 5.69 Å². The van der Waals surface area contributed by atoms with E-state index in [4.69, 9.17) is 9.47 Å². The number of nitro benzene ring substituents is 1. The number of hydrogen-bond donors (Lipinski definition) is 1. The number of aromatic nitrogens is 5. The SMILES string of the molecule is O=[N+]([O-])c1ccccc1-n1cc(-c2cccc(Nc3ncnc4cc5c(cc34)OCCCO5)c2)nn1. The molecule has 2 aromatic heterocycles. The summed E-state index contributed by atoms with van der Waals surface area (Å²) >= 11 is 0. The molecule has 6 rings (SSSR count). The van der Waals surface area contributed by atoms with Gasteiger partial charge in [0.15, 0.2) is 11.5 Å². The van der Waals surface area contributed by atoms with Crippen LogP contribution in [0.1, 0.15) is 6.42 Å². The molecule has 0 saturated carbocycles. The molecule has 11 nitrogen and oxygen atoms in total. The Morgan fingerprint density at radius 2 is 1.81 bits per heavy atom. The predicted molar refractivity (Wildman–Crippen MR) is 132 cm³/mol. The van der Waals surface area contributed by atoms with E-state index >= 15 is 0 Å². The molecule has 0 fully saturated rings. The van der Waals surface area contributed by atoms with Crippen LogP contribution in [0.4, 0.5) is 17.2 Å². The fraction of sp³-hybridized carbons (Fsp3) is 0.120. The summed E-state index contributed by atoms with van der Waals surface area (Å²) in [4.78, 5) is 19.8. The van der Waals surface area contributed by atoms with Gasteiger partial charge in [0, 0.05) is 35.2 Å². The van der Waals surface area contributed by atoms with Gasteiger partial charge < -0.3 is 14.8 Å². The lowest BCUT2D eigenvalue weighted by molar-refractivity contribution is -0.384.